The van der Waals surface area contributed by atoms with E-state index in [9.17, 15) is 9.59 Å². The number of rotatable bonds is 2. The largest absolute Gasteiger partial charge is 0.457 e. The molecule has 1 aliphatic heterocycles. The van der Waals surface area contributed by atoms with Crippen LogP contribution in [0.2, 0.25) is 0 Å². The molecular formula is C24H22N2O3. The Kier molecular flexibility index (Phi) is 4.46. The molecule has 0 fully saturated rings. The molecule has 0 saturated carbocycles. The lowest BCUT2D eigenvalue weighted by Gasteiger charge is -2.21. The number of aromatic nitrogens is 1. The van der Waals surface area contributed by atoms with Gasteiger partial charge in [-0.25, -0.2) is 4.79 Å². The summed E-state index contributed by atoms with van der Waals surface area (Å²) in [5.41, 5.74) is 3.53. The lowest BCUT2D eigenvalue weighted by molar-refractivity contribution is -0.148. The summed E-state index contributed by atoms with van der Waals surface area (Å²) in [6.07, 6.45) is 3.03. The smallest absolute Gasteiger partial charge is 0.333 e. The predicted octanol–water partition coefficient (Wildman–Crippen LogP) is 4.89. The van der Waals surface area contributed by atoms with Crippen molar-refractivity contribution >= 4 is 34.2 Å². The van der Waals surface area contributed by atoms with Crippen molar-refractivity contribution in [3.8, 4) is 0 Å². The molecule has 0 saturated heterocycles. The van der Waals surface area contributed by atoms with Crippen LogP contribution >= 0.6 is 0 Å². The quantitative estimate of drug-likeness (QED) is 0.465. The first kappa shape index (κ1) is 18.9. The molecule has 0 aliphatic carbocycles. The lowest BCUT2D eigenvalue weighted by Crippen LogP contribution is -2.25. The minimum absolute atomic E-state index is 0.183. The molecule has 5 heteroatoms. The summed E-state index contributed by atoms with van der Waals surface area (Å²) in [5, 5.41) is 0.764. The van der Waals surface area contributed by atoms with Crippen LogP contribution in [0, 0.1) is 6.92 Å². The molecule has 1 amide bonds. The first-order valence-electron chi connectivity index (χ1n) is 9.48. The fraction of sp³-hybridized carbons (Fsp3) is 0.208. The molecule has 5 nitrogen and oxygen atoms in total. The second-order valence-corrected chi connectivity index (χ2v) is 8.10. The van der Waals surface area contributed by atoms with Crippen molar-refractivity contribution in [2.45, 2.75) is 33.3 Å². The average molecular weight is 386 g/mol. The van der Waals surface area contributed by atoms with Gasteiger partial charge in [0.1, 0.15) is 5.60 Å². The van der Waals surface area contributed by atoms with Crippen LogP contribution in [-0.2, 0) is 9.53 Å². The van der Waals surface area contributed by atoms with Crippen LogP contribution in [0.5, 0.6) is 0 Å². The number of ether oxygens (including phenoxy) is 1. The van der Waals surface area contributed by atoms with E-state index in [1.54, 1.807) is 11.1 Å². The number of anilines is 1. The fourth-order valence-electron chi connectivity index (χ4n) is 3.44. The number of carbonyl (C=O) groups is 2. The van der Waals surface area contributed by atoms with Crippen molar-refractivity contribution in [3.05, 3.63) is 77.5 Å². The van der Waals surface area contributed by atoms with Crippen LogP contribution in [-0.4, -0.2) is 22.5 Å². The second-order valence-electron chi connectivity index (χ2n) is 8.10. The van der Waals surface area contributed by atoms with E-state index in [1.165, 1.54) is 6.08 Å². The topological polar surface area (TPSA) is 59.5 Å². The molecule has 0 radical (unpaired) electrons. The summed E-state index contributed by atoms with van der Waals surface area (Å²) >= 11 is 0. The van der Waals surface area contributed by atoms with Crippen LogP contribution in [0.25, 0.3) is 16.6 Å². The molecular weight excluding hydrogens is 364 g/mol. The van der Waals surface area contributed by atoms with Gasteiger partial charge in [0.2, 0.25) is 0 Å². The van der Waals surface area contributed by atoms with Crippen molar-refractivity contribution in [1.82, 2.24) is 4.98 Å². The van der Waals surface area contributed by atoms with Gasteiger partial charge in [0.15, 0.2) is 0 Å². The number of hydrogen-bond acceptors (Lipinski definition) is 4. The molecule has 0 unspecified atom stereocenters. The molecule has 29 heavy (non-hydrogen) atoms. The van der Waals surface area contributed by atoms with Crippen molar-refractivity contribution in [2.24, 2.45) is 0 Å². The van der Waals surface area contributed by atoms with E-state index in [2.05, 4.69) is 4.98 Å². The summed E-state index contributed by atoms with van der Waals surface area (Å²) in [6, 6.07) is 15.1. The Morgan fingerprint density at radius 2 is 1.76 bits per heavy atom. The molecule has 146 valence electrons. The van der Waals surface area contributed by atoms with Gasteiger partial charge in [-0.2, -0.15) is 0 Å². The molecule has 0 atom stereocenters. The Bertz CT molecular complexity index is 1150. The summed E-state index contributed by atoms with van der Waals surface area (Å²) in [6.45, 7) is 7.41. The highest BCUT2D eigenvalue weighted by Crippen LogP contribution is 2.39. The van der Waals surface area contributed by atoms with Crippen LogP contribution in [0.4, 0.5) is 5.69 Å². The monoisotopic (exact) mass is 386 g/mol. The van der Waals surface area contributed by atoms with E-state index in [4.69, 9.17) is 4.74 Å². The van der Waals surface area contributed by atoms with Crippen LogP contribution in [0.1, 0.15) is 42.3 Å². The van der Waals surface area contributed by atoms with Gasteiger partial charge in [0, 0.05) is 28.9 Å². The third-order valence-corrected chi connectivity index (χ3v) is 4.66. The number of para-hydroxylation sites is 1. The van der Waals surface area contributed by atoms with Crippen molar-refractivity contribution < 1.29 is 14.3 Å². The standard InChI is InChI=1S/C24H22N2O3/c1-15-9-11-16(12-10-15)26-20(13-21(27)29-24(2,3)4)18-14-25-19-8-6-5-7-17(19)22(18)23(26)28/h5-14H,1-4H3/b20-13+. The maximum absolute atomic E-state index is 13.5. The van der Waals surface area contributed by atoms with Gasteiger partial charge in [0.25, 0.3) is 5.91 Å². The van der Waals surface area contributed by atoms with Gasteiger partial charge in [-0.15, -0.1) is 0 Å². The van der Waals surface area contributed by atoms with E-state index in [1.807, 2.05) is 76.2 Å². The normalized spacial score (nSPS) is 15.1. The highest BCUT2D eigenvalue weighted by atomic mass is 16.6. The molecule has 2 heterocycles. The zero-order valence-electron chi connectivity index (χ0n) is 16.9. The van der Waals surface area contributed by atoms with E-state index in [-0.39, 0.29) is 5.91 Å². The maximum atomic E-state index is 13.5. The predicted molar refractivity (Wildman–Crippen MR) is 114 cm³/mol. The Hall–Kier alpha value is -3.47. The lowest BCUT2D eigenvalue weighted by atomic mass is 10.0. The number of benzene rings is 2. The van der Waals surface area contributed by atoms with E-state index < -0.39 is 11.6 Å². The molecule has 4 rings (SSSR count). The van der Waals surface area contributed by atoms with Crippen molar-refractivity contribution in [1.29, 1.82) is 0 Å². The van der Waals surface area contributed by atoms with Gasteiger partial charge < -0.3 is 4.74 Å². The number of amides is 1. The molecule has 0 N–H and O–H groups in total. The summed E-state index contributed by atoms with van der Waals surface area (Å²) in [5.74, 6) is -0.685. The third kappa shape index (κ3) is 3.51. The summed E-state index contributed by atoms with van der Waals surface area (Å²) < 4.78 is 5.47. The number of fused-ring (bicyclic) bond motifs is 3. The number of esters is 1. The molecule has 2 aromatic carbocycles. The maximum Gasteiger partial charge on any atom is 0.333 e. The zero-order valence-corrected chi connectivity index (χ0v) is 16.9. The van der Waals surface area contributed by atoms with Gasteiger partial charge in [-0.1, -0.05) is 35.9 Å². The molecule has 0 bridgehead atoms. The van der Waals surface area contributed by atoms with Gasteiger partial charge in [0.05, 0.1) is 16.8 Å². The first-order valence-corrected chi connectivity index (χ1v) is 9.48. The number of hydrogen-bond donors (Lipinski definition) is 0. The number of carbonyl (C=O) groups excluding carboxylic acids is 2. The summed E-state index contributed by atoms with van der Waals surface area (Å²) in [7, 11) is 0. The van der Waals surface area contributed by atoms with Crippen molar-refractivity contribution in [3.63, 3.8) is 0 Å². The Balaban J connectivity index is 1.91. The minimum atomic E-state index is -0.629. The highest BCUT2D eigenvalue weighted by Gasteiger charge is 2.36. The third-order valence-electron chi connectivity index (χ3n) is 4.66. The Labute approximate surface area is 169 Å². The average Bonchev–Trinajstić information content (AvgIpc) is 2.93. The Morgan fingerprint density at radius 3 is 2.45 bits per heavy atom. The van der Waals surface area contributed by atoms with E-state index >= 15 is 0 Å². The second kappa shape index (κ2) is 6.85. The van der Waals surface area contributed by atoms with Gasteiger partial charge in [-0.3, -0.25) is 14.7 Å². The van der Waals surface area contributed by atoms with Crippen LogP contribution in [0.15, 0.2) is 60.8 Å². The zero-order chi connectivity index (χ0) is 20.8. The van der Waals surface area contributed by atoms with E-state index in [0.29, 0.717) is 22.5 Å². The van der Waals surface area contributed by atoms with Crippen LogP contribution in [0.3, 0.4) is 0 Å². The van der Waals surface area contributed by atoms with Gasteiger partial charge >= 0.3 is 5.97 Å². The molecule has 1 aliphatic rings. The SMILES string of the molecule is Cc1ccc(N2C(=O)c3c(cnc4ccccc34)/C2=C\C(=O)OC(C)(C)C)cc1. The number of pyridine rings is 1. The fourth-order valence-corrected chi connectivity index (χ4v) is 3.44. The molecule has 0 spiro atoms. The minimum Gasteiger partial charge on any atom is -0.457 e. The van der Waals surface area contributed by atoms with Crippen LogP contribution < -0.4 is 4.90 Å². The highest BCUT2D eigenvalue weighted by molar-refractivity contribution is 6.28. The van der Waals surface area contributed by atoms with E-state index in [0.717, 1.165) is 16.5 Å². The molecule has 1 aromatic heterocycles. The Morgan fingerprint density at radius 1 is 1.07 bits per heavy atom. The first-order chi connectivity index (χ1) is 13.7. The van der Waals surface area contributed by atoms with Crippen molar-refractivity contribution in [2.75, 3.05) is 4.90 Å². The van der Waals surface area contributed by atoms with Gasteiger partial charge in [-0.05, 0) is 45.9 Å². The summed E-state index contributed by atoms with van der Waals surface area (Å²) in [4.78, 5) is 32.1. The number of nitrogens with zero attached hydrogens (tertiary/aromatic N) is 2. The molecule has 3 aromatic rings. The number of aryl methyl sites for hydroxylation is 1.